The van der Waals surface area contributed by atoms with E-state index in [1.165, 1.54) is 10.6 Å². The zero-order chi connectivity index (χ0) is 13.9. The van der Waals surface area contributed by atoms with Gasteiger partial charge in [-0.15, -0.1) is 11.3 Å². The number of fused-ring (bicyclic) bond motifs is 1. The number of aromatic nitrogens is 1. The van der Waals surface area contributed by atoms with Gasteiger partial charge in [-0.2, -0.15) is 0 Å². The molecule has 2 aromatic rings. The normalized spacial score (nSPS) is 15.6. The molecule has 0 atom stereocenters. The van der Waals surface area contributed by atoms with Crippen molar-refractivity contribution in [1.29, 1.82) is 0 Å². The Morgan fingerprint density at radius 2 is 2.00 bits per heavy atom. The van der Waals surface area contributed by atoms with Gasteiger partial charge in [0.1, 0.15) is 0 Å². The predicted molar refractivity (Wildman–Crippen MR) is 77.9 cm³/mol. The Morgan fingerprint density at radius 3 is 2.75 bits per heavy atom. The summed E-state index contributed by atoms with van der Waals surface area (Å²) in [7, 11) is 0. The molecule has 5 nitrogen and oxygen atoms in total. The van der Waals surface area contributed by atoms with Gasteiger partial charge in [-0.25, -0.2) is 4.98 Å². The zero-order valence-electron chi connectivity index (χ0n) is 11.0. The molecule has 0 unspecified atom stereocenters. The fourth-order valence-electron chi connectivity index (χ4n) is 2.48. The number of hydrogen-bond acceptors (Lipinski definition) is 5. The van der Waals surface area contributed by atoms with Crippen LogP contribution in [0.1, 0.15) is 16.1 Å². The largest absolute Gasteiger partial charge is 0.298 e. The van der Waals surface area contributed by atoms with Gasteiger partial charge in [0, 0.05) is 43.1 Å². The molecule has 6 heteroatoms. The highest BCUT2D eigenvalue weighted by molar-refractivity contribution is 7.09. The topological polar surface area (TPSA) is 59.3 Å². The average molecular weight is 289 g/mol. The van der Waals surface area contributed by atoms with Gasteiger partial charge in [0.15, 0.2) is 0 Å². The first-order valence-corrected chi connectivity index (χ1v) is 7.47. The van der Waals surface area contributed by atoms with E-state index in [0.717, 1.165) is 38.0 Å². The highest BCUT2D eigenvalue weighted by Crippen LogP contribution is 2.20. The molecule has 0 amide bonds. The Balaban J connectivity index is 1.63. The Labute approximate surface area is 121 Å². The lowest BCUT2D eigenvalue weighted by Gasteiger charge is -2.19. The molecule has 1 aliphatic rings. The van der Waals surface area contributed by atoms with Gasteiger partial charge in [-0.05, 0) is 12.0 Å². The number of nitro benzene ring substituents is 1. The maximum absolute atomic E-state index is 10.6. The number of benzene rings is 1. The monoisotopic (exact) mass is 289 g/mol. The van der Waals surface area contributed by atoms with Crippen LogP contribution in [0.15, 0.2) is 29.8 Å². The first-order chi connectivity index (χ1) is 9.72. The van der Waals surface area contributed by atoms with Crippen LogP contribution in [-0.4, -0.2) is 27.9 Å². The van der Waals surface area contributed by atoms with Crippen LogP contribution in [0, 0.1) is 10.1 Å². The van der Waals surface area contributed by atoms with Crippen molar-refractivity contribution < 1.29 is 4.92 Å². The van der Waals surface area contributed by atoms with Crippen LogP contribution in [0.3, 0.4) is 0 Å². The second kappa shape index (κ2) is 5.68. The third-order valence-corrected chi connectivity index (χ3v) is 4.53. The van der Waals surface area contributed by atoms with E-state index in [1.54, 1.807) is 23.5 Å². The smallest absolute Gasteiger partial charge is 0.269 e. The van der Waals surface area contributed by atoms with E-state index in [9.17, 15) is 10.1 Å². The summed E-state index contributed by atoms with van der Waals surface area (Å²) < 4.78 is 0. The van der Waals surface area contributed by atoms with Gasteiger partial charge in [-0.1, -0.05) is 12.1 Å². The van der Waals surface area contributed by atoms with Gasteiger partial charge < -0.3 is 0 Å². The van der Waals surface area contributed by atoms with E-state index in [2.05, 4.69) is 9.88 Å². The fraction of sp³-hybridized carbons (Fsp3) is 0.357. The zero-order valence-corrected chi connectivity index (χ0v) is 11.8. The summed E-state index contributed by atoms with van der Waals surface area (Å²) in [5, 5.41) is 10.6. The number of thiazole rings is 1. The predicted octanol–water partition coefficient (Wildman–Crippen LogP) is 2.65. The molecule has 0 aliphatic carbocycles. The maximum Gasteiger partial charge on any atom is 0.269 e. The van der Waals surface area contributed by atoms with Crippen LogP contribution >= 0.6 is 11.3 Å². The molecule has 1 aromatic heterocycles. The Hall–Kier alpha value is -1.79. The summed E-state index contributed by atoms with van der Waals surface area (Å²) in [6.45, 7) is 2.85. The van der Waals surface area contributed by atoms with Gasteiger partial charge in [0.2, 0.25) is 0 Å². The van der Waals surface area contributed by atoms with Crippen LogP contribution < -0.4 is 0 Å². The average Bonchev–Trinajstić information content (AvgIpc) is 2.82. The standard InChI is InChI=1S/C14H15N3O2S/c18-17(19)12-3-1-11(2-4-12)9-16-7-5-13-14(6-8-16)20-10-15-13/h1-4,10H,5-9H2. The van der Waals surface area contributed by atoms with Crippen LogP contribution in [-0.2, 0) is 19.4 Å². The quantitative estimate of drug-likeness (QED) is 0.644. The molecule has 0 fully saturated rings. The van der Waals surface area contributed by atoms with Crippen LogP contribution in [0.2, 0.25) is 0 Å². The number of non-ortho nitro benzene ring substituents is 1. The Bertz CT molecular complexity index is 587. The summed E-state index contributed by atoms with van der Waals surface area (Å²) in [5.74, 6) is 0. The SMILES string of the molecule is O=[N+]([O-])c1ccc(CN2CCc3ncsc3CC2)cc1. The van der Waals surface area contributed by atoms with Crippen molar-refractivity contribution in [2.45, 2.75) is 19.4 Å². The summed E-state index contributed by atoms with van der Waals surface area (Å²) >= 11 is 1.74. The molecule has 2 heterocycles. The number of hydrogen-bond donors (Lipinski definition) is 0. The van der Waals surface area contributed by atoms with Crippen molar-refractivity contribution >= 4 is 17.0 Å². The lowest BCUT2D eigenvalue weighted by Crippen LogP contribution is -2.25. The first-order valence-electron chi connectivity index (χ1n) is 6.59. The van der Waals surface area contributed by atoms with Crippen molar-refractivity contribution in [3.8, 4) is 0 Å². The molecule has 0 spiro atoms. The second-order valence-corrected chi connectivity index (χ2v) is 5.86. The minimum atomic E-state index is -0.362. The van der Waals surface area contributed by atoms with Crippen molar-refractivity contribution in [1.82, 2.24) is 9.88 Å². The lowest BCUT2D eigenvalue weighted by molar-refractivity contribution is -0.384. The third-order valence-electron chi connectivity index (χ3n) is 3.60. The molecule has 1 aromatic carbocycles. The van der Waals surface area contributed by atoms with Crippen molar-refractivity contribution in [3.05, 3.63) is 56.0 Å². The molecule has 0 bridgehead atoms. The molecule has 0 N–H and O–H groups in total. The molecule has 1 aliphatic heterocycles. The van der Waals surface area contributed by atoms with E-state index in [1.807, 2.05) is 17.6 Å². The Morgan fingerprint density at radius 1 is 1.25 bits per heavy atom. The molecule has 0 radical (unpaired) electrons. The van der Waals surface area contributed by atoms with Gasteiger partial charge >= 0.3 is 0 Å². The lowest BCUT2D eigenvalue weighted by atomic mass is 10.2. The highest BCUT2D eigenvalue weighted by atomic mass is 32.1. The minimum Gasteiger partial charge on any atom is -0.298 e. The minimum absolute atomic E-state index is 0.149. The summed E-state index contributed by atoms with van der Waals surface area (Å²) in [6.07, 6.45) is 2.04. The van der Waals surface area contributed by atoms with Crippen LogP contribution in [0.5, 0.6) is 0 Å². The molecule has 0 saturated heterocycles. The van der Waals surface area contributed by atoms with E-state index < -0.39 is 0 Å². The number of nitro groups is 1. The van der Waals surface area contributed by atoms with E-state index >= 15 is 0 Å². The third kappa shape index (κ3) is 2.86. The maximum atomic E-state index is 10.6. The Kier molecular flexibility index (Phi) is 3.75. The van der Waals surface area contributed by atoms with Crippen molar-refractivity contribution in [2.24, 2.45) is 0 Å². The first kappa shape index (κ1) is 13.2. The summed E-state index contributed by atoms with van der Waals surface area (Å²) in [6, 6.07) is 6.84. The van der Waals surface area contributed by atoms with E-state index in [0.29, 0.717) is 0 Å². The molecule has 3 rings (SSSR count). The van der Waals surface area contributed by atoms with Gasteiger partial charge in [0.05, 0.1) is 16.1 Å². The number of rotatable bonds is 3. The van der Waals surface area contributed by atoms with Crippen LogP contribution in [0.4, 0.5) is 5.69 Å². The van der Waals surface area contributed by atoms with Crippen LogP contribution in [0.25, 0.3) is 0 Å². The van der Waals surface area contributed by atoms with Gasteiger partial charge in [-0.3, -0.25) is 15.0 Å². The fourth-order valence-corrected chi connectivity index (χ4v) is 3.28. The highest BCUT2D eigenvalue weighted by Gasteiger charge is 2.16. The molecular formula is C14H15N3O2S. The van der Waals surface area contributed by atoms with E-state index in [-0.39, 0.29) is 10.6 Å². The second-order valence-electron chi connectivity index (χ2n) is 4.92. The van der Waals surface area contributed by atoms with Gasteiger partial charge in [0.25, 0.3) is 5.69 Å². The number of nitrogens with zero attached hydrogens (tertiary/aromatic N) is 3. The van der Waals surface area contributed by atoms with E-state index in [4.69, 9.17) is 0 Å². The van der Waals surface area contributed by atoms with Crippen molar-refractivity contribution in [3.63, 3.8) is 0 Å². The molecule has 20 heavy (non-hydrogen) atoms. The summed E-state index contributed by atoms with van der Waals surface area (Å²) in [4.78, 5) is 18.5. The molecule has 0 saturated carbocycles. The summed E-state index contributed by atoms with van der Waals surface area (Å²) in [5.41, 5.74) is 4.43. The molecule has 104 valence electrons. The molecular weight excluding hydrogens is 274 g/mol. The van der Waals surface area contributed by atoms with Crippen molar-refractivity contribution in [2.75, 3.05) is 13.1 Å².